The van der Waals surface area contributed by atoms with E-state index in [2.05, 4.69) is 113 Å². The van der Waals surface area contributed by atoms with Crippen LogP contribution in [-0.2, 0) is 0 Å². The van der Waals surface area contributed by atoms with Gasteiger partial charge in [-0.3, -0.25) is 0 Å². The topological polar surface area (TPSA) is 27.1 Å². The van der Waals surface area contributed by atoms with Gasteiger partial charge in [0.15, 0.2) is 5.71 Å². The predicted octanol–water partition coefficient (Wildman–Crippen LogP) is 7.54. The molecule has 0 aromatic heterocycles. The predicted molar refractivity (Wildman–Crippen MR) is 156 cm³/mol. The molecule has 0 heterocycles. The smallest absolute Gasteiger partial charge is 0.418 e. The molecule has 4 aromatic carbocycles. The number of benzene rings is 4. The lowest BCUT2D eigenvalue weighted by Gasteiger charge is -2.08. The Morgan fingerprint density at radius 1 is 0.615 bits per heavy atom. The molecule has 0 bridgehead atoms. The molecule has 0 spiro atoms. The summed E-state index contributed by atoms with van der Waals surface area (Å²) in [7, 11) is -6.00. The van der Waals surface area contributed by atoms with Gasteiger partial charge in [-0.15, -0.1) is 0 Å². The fourth-order valence-electron chi connectivity index (χ4n) is 4.44. The van der Waals surface area contributed by atoms with Crippen molar-refractivity contribution in [2.45, 2.75) is 25.7 Å². The van der Waals surface area contributed by atoms with Crippen LogP contribution in [0.2, 0.25) is 0 Å². The van der Waals surface area contributed by atoms with E-state index in [1.165, 1.54) is 29.9 Å². The van der Waals surface area contributed by atoms with Gasteiger partial charge in [-0.2, -0.15) is 4.58 Å². The maximum absolute atomic E-state index is 9.75. The van der Waals surface area contributed by atoms with Crippen LogP contribution in [0, 0.1) is 0 Å². The van der Waals surface area contributed by atoms with Crippen LogP contribution in [0.3, 0.4) is 0 Å². The van der Waals surface area contributed by atoms with Gasteiger partial charge in [-0.1, -0.05) is 60.7 Å². The summed E-state index contributed by atoms with van der Waals surface area (Å²) >= 11 is 0. The lowest BCUT2D eigenvalue weighted by Crippen LogP contribution is -2.24. The van der Waals surface area contributed by atoms with Crippen LogP contribution in [-0.4, -0.2) is 13.0 Å². The minimum atomic E-state index is -6.00. The monoisotopic (exact) mass is 531 g/mol. The molecule has 0 amide bonds. The molecule has 5 rings (SSSR count). The first-order valence-electron chi connectivity index (χ1n) is 12.9. The molecule has 1 aliphatic rings. The lowest BCUT2D eigenvalue weighted by atomic mass is 10.1. The van der Waals surface area contributed by atoms with E-state index >= 15 is 0 Å². The number of para-hydroxylation sites is 3. The fraction of sp³-hybridized carbons (Fsp3) is 0.129. The number of nitrogens with one attached hydrogen (secondary N) is 2. The van der Waals surface area contributed by atoms with Crippen molar-refractivity contribution >= 4 is 48.1 Å². The molecule has 1 aliphatic carbocycles. The number of rotatable bonds is 6. The molecule has 0 radical (unpaired) electrons. The summed E-state index contributed by atoms with van der Waals surface area (Å²) in [6.07, 6.45) is 8.97. The maximum atomic E-state index is 9.75. The van der Waals surface area contributed by atoms with Gasteiger partial charge in [0.2, 0.25) is 11.4 Å². The fourth-order valence-corrected chi connectivity index (χ4v) is 4.44. The summed E-state index contributed by atoms with van der Waals surface area (Å²) < 4.78 is 41.5. The molecule has 8 heteroatoms. The van der Waals surface area contributed by atoms with Gasteiger partial charge in [-0.25, -0.2) is 0 Å². The Labute approximate surface area is 226 Å². The van der Waals surface area contributed by atoms with E-state index in [1.807, 2.05) is 24.3 Å². The number of anilines is 2. The van der Waals surface area contributed by atoms with Gasteiger partial charge in [0.25, 0.3) is 0 Å². The molecule has 0 saturated heterocycles. The van der Waals surface area contributed by atoms with E-state index in [1.54, 1.807) is 0 Å². The zero-order valence-corrected chi connectivity index (χ0v) is 21.4. The first kappa shape index (κ1) is 27.7. The minimum Gasteiger partial charge on any atom is -0.418 e. The number of halogens is 4. The number of nitrogens with zero attached hydrogens (tertiary/aromatic N) is 1. The lowest BCUT2D eigenvalue weighted by molar-refractivity contribution is 0.368. The molecule has 2 N–H and O–H groups in total. The van der Waals surface area contributed by atoms with E-state index in [0.717, 1.165) is 34.7 Å². The largest absolute Gasteiger partial charge is 0.673 e. The molecule has 1 fully saturated rings. The van der Waals surface area contributed by atoms with Gasteiger partial charge >= 0.3 is 7.25 Å². The van der Waals surface area contributed by atoms with Gasteiger partial charge in [0.05, 0.1) is 5.22 Å². The number of hydrogen-bond acceptors (Lipinski definition) is 2. The van der Waals surface area contributed by atoms with Crippen molar-refractivity contribution in [3.63, 3.8) is 0 Å². The quantitative estimate of drug-likeness (QED) is 0.153. The molecule has 0 unspecified atom stereocenters. The summed E-state index contributed by atoms with van der Waals surface area (Å²) in [5.74, 6) is 0. The van der Waals surface area contributed by atoms with Crippen LogP contribution in [0.1, 0.15) is 25.7 Å². The third-order valence-corrected chi connectivity index (χ3v) is 6.15. The van der Waals surface area contributed by atoms with Crippen molar-refractivity contribution in [1.82, 2.24) is 4.58 Å². The molecule has 0 aliphatic heterocycles. The highest BCUT2D eigenvalue weighted by atomic mass is 19.5. The summed E-state index contributed by atoms with van der Waals surface area (Å²) in [6, 6.07) is 38.0. The average Bonchev–Trinajstić information content (AvgIpc) is 3.47. The van der Waals surface area contributed by atoms with Gasteiger partial charge < -0.3 is 27.9 Å². The van der Waals surface area contributed by atoms with Gasteiger partial charge in [0.1, 0.15) is 0 Å². The van der Waals surface area contributed by atoms with Crippen molar-refractivity contribution in [3.05, 3.63) is 120 Å². The van der Waals surface area contributed by atoms with E-state index in [-0.39, 0.29) is 0 Å². The van der Waals surface area contributed by atoms with E-state index in [4.69, 9.17) is 0 Å². The molecular formula is C31H30BF4N3. The molecule has 1 saturated carbocycles. The first-order valence-corrected chi connectivity index (χ1v) is 12.9. The van der Waals surface area contributed by atoms with Crippen LogP contribution in [0.25, 0.3) is 12.4 Å². The van der Waals surface area contributed by atoms with Crippen molar-refractivity contribution in [2.24, 2.45) is 0 Å². The average molecular weight is 531 g/mol. The van der Waals surface area contributed by atoms with Crippen molar-refractivity contribution in [1.29, 1.82) is 0 Å². The van der Waals surface area contributed by atoms with Crippen molar-refractivity contribution in [2.75, 3.05) is 10.6 Å². The summed E-state index contributed by atoms with van der Waals surface area (Å²) in [5, 5.41) is 9.22. The SMILES string of the molecule is C(Nc1ccccc1)=c1ccc(=CNc2ccccc2)c([N+](=C2CCCC2)c2ccccc2)c1.F[B-](F)(F)F. The second kappa shape index (κ2) is 13.5. The van der Waals surface area contributed by atoms with E-state index < -0.39 is 7.25 Å². The van der Waals surface area contributed by atoms with E-state index in [9.17, 15) is 17.3 Å². The zero-order chi connectivity index (χ0) is 27.5. The zero-order valence-electron chi connectivity index (χ0n) is 21.4. The summed E-state index contributed by atoms with van der Waals surface area (Å²) in [5.41, 5.74) is 6.04. The highest BCUT2D eigenvalue weighted by Crippen LogP contribution is 2.23. The first-order chi connectivity index (χ1) is 18.9. The maximum Gasteiger partial charge on any atom is 0.673 e. The second-order valence-electron chi connectivity index (χ2n) is 9.07. The van der Waals surface area contributed by atoms with Gasteiger partial charge in [0, 0.05) is 54.8 Å². The Morgan fingerprint density at radius 3 is 1.64 bits per heavy atom. The van der Waals surface area contributed by atoms with Crippen LogP contribution in [0.15, 0.2) is 109 Å². The third-order valence-electron chi connectivity index (χ3n) is 6.15. The van der Waals surface area contributed by atoms with Crippen LogP contribution in [0.4, 0.5) is 40.0 Å². The Balaban J connectivity index is 0.000000648. The second-order valence-corrected chi connectivity index (χ2v) is 9.07. The Kier molecular flexibility index (Phi) is 9.56. The molecule has 0 atom stereocenters. The third kappa shape index (κ3) is 8.88. The Bertz CT molecular complexity index is 1480. The summed E-state index contributed by atoms with van der Waals surface area (Å²) in [4.78, 5) is 0. The van der Waals surface area contributed by atoms with Crippen molar-refractivity contribution in [3.8, 4) is 0 Å². The van der Waals surface area contributed by atoms with Crippen molar-refractivity contribution < 1.29 is 17.3 Å². The highest BCUT2D eigenvalue weighted by molar-refractivity contribution is 6.50. The van der Waals surface area contributed by atoms with Crippen LogP contribution < -0.4 is 25.6 Å². The number of hydrogen-bond donors (Lipinski definition) is 2. The molecule has 3 nitrogen and oxygen atoms in total. The standard InChI is InChI=1S/C31H30N3.BF4/c1-4-12-27(13-5-1)32-23-25-20-21-26(24-33-28-14-6-2-7-15-28)31(22-25)34(30-18-10-11-19-30)29-16-8-3-9-17-29;2-1(3,4)5/h1-9,12-17,20-24,32-33H,10-11,18-19H2;/q+1;-1. The molecule has 39 heavy (non-hydrogen) atoms. The minimum absolute atomic E-state index is 1.08. The van der Waals surface area contributed by atoms with Gasteiger partial charge in [-0.05, 0) is 48.4 Å². The highest BCUT2D eigenvalue weighted by Gasteiger charge is 2.24. The summed E-state index contributed by atoms with van der Waals surface area (Å²) in [6.45, 7) is 0. The van der Waals surface area contributed by atoms with Crippen LogP contribution >= 0.6 is 0 Å². The molecule has 4 aromatic rings. The Morgan fingerprint density at radius 2 is 1.10 bits per heavy atom. The molecular weight excluding hydrogens is 501 g/mol. The Hall–Kier alpha value is -4.33. The normalized spacial score (nSPS) is 14.0. The van der Waals surface area contributed by atoms with Crippen LogP contribution in [0.5, 0.6) is 0 Å². The molecule has 200 valence electrons. The van der Waals surface area contributed by atoms with E-state index in [0.29, 0.717) is 0 Å².